The molecule has 2 fully saturated rings. The first-order chi connectivity index (χ1) is 18.9. The van der Waals surface area contributed by atoms with E-state index in [4.69, 9.17) is 5.21 Å². The lowest BCUT2D eigenvalue weighted by atomic mass is 10.0. The molecule has 0 unspecified atom stereocenters. The van der Waals surface area contributed by atoms with Crippen molar-refractivity contribution in [2.24, 2.45) is 0 Å². The van der Waals surface area contributed by atoms with Gasteiger partial charge in [0.2, 0.25) is 5.95 Å². The Kier molecular flexibility index (Phi) is 7.60. The van der Waals surface area contributed by atoms with Crippen LogP contribution in [-0.2, 0) is 4.79 Å². The number of rotatable bonds is 7. The van der Waals surface area contributed by atoms with E-state index in [1.165, 1.54) is 30.0 Å². The van der Waals surface area contributed by atoms with Gasteiger partial charge in [0.25, 0.3) is 17.7 Å². The van der Waals surface area contributed by atoms with Crippen LogP contribution in [-0.4, -0.2) is 70.0 Å². The molecule has 11 heteroatoms. The van der Waals surface area contributed by atoms with Crippen molar-refractivity contribution >= 4 is 35.3 Å². The van der Waals surface area contributed by atoms with Crippen LogP contribution >= 0.6 is 0 Å². The van der Waals surface area contributed by atoms with Gasteiger partial charge in [-0.2, -0.15) is 0 Å². The van der Waals surface area contributed by atoms with Gasteiger partial charge in [-0.3, -0.25) is 19.6 Å². The van der Waals surface area contributed by atoms with E-state index < -0.39 is 5.91 Å². The Labute approximate surface area is 224 Å². The quantitative estimate of drug-likeness (QED) is 0.185. The number of nitrogens with zero attached hydrogens (tertiary/aromatic N) is 4. The fourth-order valence-electron chi connectivity index (χ4n) is 4.25. The zero-order valence-corrected chi connectivity index (χ0v) is 21.0. The SMILES string of the molecule is O=C(NC1CC1)C(=Cc1ccc(C(=O)N2CCN(c3ncc(C(=O)NO)cn3)CC2)cc1)c1ccc(F)cc1. The Bertz CT molecular complexity index is 1380. The highest BCUT2D eigenvalue weighted by Crippen LogP contribution is 2.24. The summed E-state index contributed by atoms with van der Waals surface area (Å²) < 4.78 is 13.4. The predicted octanol–water partition coefficient (Wildman–Crippen LogP) is 2.52. The van der Waals surface area contributed by atoms with Gasteiger partial charge >= 0.3 is 0 Å². The second-order valence-corrected chi connectivity index (χ2v) is 9.43. The molecule has 2 aromatic carbocycles. The molecule has 3 aromatic rings. The summed E-state index contributed by atoms with van der Waals surface area (Å²) in [4.78, 5) is 49.5. The van der Waals surface area contributed by atoms with Crippen molar-refractivity contribution in [2.75, 3.05) is 31.1 Å². The monoisotopic (exact) mass is 530 g/mol. The summed E-state index contributed by atoms with van der Waals surface area (Å²) in [5, 5.41) is 11.7. The number of carbonyl (C=O) groups is 3. The van der Waals surface area contributed by atoms with Crippen LogP contribution in [0.3, 0.4) is 0 Å². The maximum absolute atomic E-state index is 13.4. The third-order valence-corrected chi connectivity index (χ3v) is 6.63. The van der Waals surface area contributed by atoms with E-state index >= 15 is 0 Å². The number of halogens is 1. The van der Waals surface area contributed by atoms with E-state index in [-0.39, 0.29) is 29.2 Å². The standard InChI is InChI=1S/C28H27FN6O4/c29-22-7-5-19(6-8-22)24(26(37)32-23-9-10-23)15-18-1-3-20(4-2-18)27(38)34-11-13-35(14-12-34)28-30-16-21(17-31-28)25(36)33-39/h1-8,15-17,23,39H,9-14H2,(H,32,37)(H,33,36). The number of anilines is 1. The fourth-order valence-corrected chi connectivity index (χ4v) is 4.25. The number of amides is 3. The second-order valence-electron chi connectivity index (χ2n) is 9.43. The van der Waals surface area contributed by atoms with E-state index in [1.54, 1.807) is 47.4 Å². The van der Waals surface area contributed by atoms with Crippen LogP contribution in [0.4, 0.5) is 10.3 Å². The zero-order valence-electron chi connectivity index (χ0n) is 21.0. The lowest BCUT2D eigenvalue weighted by molar-refractivity contribution is -0.115. The van der Waals surface area contributed by atoms with Gasteiger partial charge in [-0.15, -0.1) is 0 Å². The van der Waals surface area contributed by atoms with Gasteiger partial charge < -0.3 is 15.1 Å². The summed E-state index contributed by atoms with van der Waals surface area (Å²) in [5.41, 5.74) is 4.01. The van der Waals surface area contributed by atoms with E-state index in [9.17, 15) is 18.8 Å². The van der Waals surface area contributed by atoms with Crippen molar-refractivity contribution < 1.29 is 24.0 Å². The first-order valence-corrected chi connectivity index (χ1v) is 12.6. The minimum absolute atomic E-state index is 0.105. The first-order valence-electron chi connectivity index (χ1n) is 12.6. The van der Waals surface area contributed by atoms with E-state index in [1.807, 2.05) is 4.90 Å². The molecular formula is C28H27FN6O4. The molecular weight excluding hydrogens is 503 g/mol. The molecule has 3 N–H and O–H groups in total. The minimum Gasteiger partial charge on any atom is -0.349 e. The van der Waals surface area contributed by atoms with Crippen LogP contribution in [0.2, 0.25) is 0 Å². The Morgan fingerprint density at radius 3 is 2.08 bits per heavy atom. The topological polar surface area (TPSA) is 128 Å². The highest BCUT2D eigenvalue weighted by Gasteiger charge is 2.26. The predicted molar refractivity (Wildman–Crippen MR) is 141 cm³/mol. The molecule has 1 aromatic heterocycles. The van der Waals surface area contributed by atoms with Crippen molar-refractivity contribution in [2.45, 2.75) is 18.9 Å². The summed E-state index contributed by atoms with van der Waals surface area (Å²) in [6, 6.07) is 13.0. The van der Waals surface area contributed by atoms with Crippen molar-refractivity contribution in [3.63, 3.8) is 0 Å². The van der Waals surface area contributed by atoms with Gasteiger partial charge in [-0.1, -0.05) is 24.3 Å². The smallest absolute Gasteiger partial charge is 0.277 e. The lowest BCUT2D eigenvalue weighted by Crippen LogP contribution is -2.49. The number of nitrogens with one attached hydrogen (secondary N) is 2. The number of hydrogen-bond donors (Lipinski definition) is 3. The molecule has 0 bridgehead atoms. The average molecular weight is 531 g/mol. The molecule has 1 aliphatic heterocycles. The summed E-state index contributed by atoms with van der Waals surface area (Å²) in [6.45, 7) is 1.99. The third-order valence-electron chi connectivity index (χ3n) is 6.63. The van der Waals surface area contributed by atoms with Crippen molar-refractivity contribution in [1.29, 1.82) is 0 Å². The fraction of sp³-hybridized carbons (Fsp3) is 0.250. The Hall–Kier alpha value is -4.64. The third kappa shape index (κ3) is 6.27. The van der Waals surface area contributed by atoms with Gasteiger partial charge in [0.15, 0.2) is 0 Å². The molecule has 0 atom stereocenters. The molecule has 2 aliphatic rings. The number of aromatic nitrogens is 2. The summed E-state index contributed by atoms with van der Waals surface area (Å²) >= 11 is 0. The lowest BCUT2D eigenvalue weighted by Gasteiger charge is -2.34. The molecule has 0 spiro atoms. The van der Waals surface area contributed by atoms with Crippen LogP contribution in [0.25, 0.3) is 11.6 Å². The largest absolute Gasteiger partial charge is 0.349 e. The van der Waals surface area contributed by atoms with Gasteiger partial charge in [0, 0.05) is 55.8 Å². The molecule has 2 heterocycles. The van der Waals surface area contributed by atoms with Gasteiger partial charge in [-0.25, -0.2) is 19.8 Å². The van der Waals surface area contributed by atoms with Crippen LogP contribution in [0.1, 0.15) is 44.7 Å². The molecule has 1 saturated carbocycles. The molecule has 39 heavy (non-hydrogen) atoms. The van der Waals surface area contributed by atoms with Gasteiger partial charge in [0.05, 0.1) is 5.56 Å². The summed E-state index contributed by atoms with van der Waals surface area (Å²) in [7, 11) is 0. The number of hydrogen-bond acceptors (Lipinski definition) is 7. The van der Waals surface area contributed by atoms with E-state index in [2.05, 4.69) is 15.3 Å². The van der Waals surface area contributed by atoms with Crippen molar-refractivity contribution in [3.05, 3.63) is 89.0 Å². The van der Waals surface area contributed by atoms with Crippen LogP contribution in [0.5, 0.6) is 0 Å². The van der Waals surface area contributed by atoms with Gasteiger partial charge in [-0.05, 0) is 54.3 Å². The second kappa shape index (κ2) is 11.4. The highest BCUT2D eigenvalue weighted by atomic mass is 19.1. The molecule has 10 nitrogen and oxygen atoms in total. The Morgan fingerprint density at radius 1 is 0.872 bits per heavy atom. The Morgan fingerprint density at radius 2 is 1.49 bits per heavy atom. The summed E-state index contributed by atoms with van der Waals surface area (Å²) in [6.07, 6.45) is 6.32. The Balaban J connectivity index is 1.24. The maximum Gasteiger partial charge on any atom is 0.277 e. The van der Waals surface area contributed by atoms with E-state index in [0.29, 0.717) is 48.8 Å². The van der Waals surface area contributed by atoms with E-state index in [0.717, 1.165) is 18.4 Å². The molecule has 1 aliphatic carbocycles. The zero-order chi connectivity index (χ0) is 27.4. The maximum atomic E-state index is 13.4. The minimum atomic E-state index is -0.688. The van der Waals surface area contributed by atoms with Crippen LogP contribution in [0.15, 0.2) is 60.9 Å². The number of benzene rings is 2. The van der Waals surface area contributed by atoms with Crippen molar-refractivity contribution in [1.82, 2.24) is 25.7 Å². The van der Waals surface area contributed by atoms with Gasteiger partial charge in [0.1, 0.15) is 5.82 Å². The average Bonchev–Trinajstić information content (AvgIpc) is 3.80. The number of carbonyl (C=O) groups excluding carboxylic acids is 3. The first kappa shape index (κ1) is 26.0. The van der Waals surface area contributed by atoms with Crippen LogP contribution < -0.4 is 15.7 Å². The number of hydroxylamine groups is 1. The highest BCUT2D eigenvalue weighted by molar-refractivity contribution is 6.24. The molecule has 5 rings (SSSR count). The molecule has 0 radical (unpaired) electrons. The summed E-state index contributed by atoms with van der Waals surface area (Å²) in [5.74, 6) is -0.937. The number of piperazine rings is 1. The normalized spacial score (nSPS) is 15.6. The van der Waals surface area contributed by atoms with Crippen molar-refractivity contribution in [3.8, 4) is 0 Å². The molecule has 3 amide bonds. The molecule has 200 valence electrons. The van der Waals surface area contributed by atoms with Crippen LogP contribution in [0, 0.1) is 5.82 Å². The molecule has 1 saturated heterocycles.